The highest BCUT2D eigenvalue weighted by molar-refractivity contribution is 7.21. The first kappa shape index (κ1) is 19.1. The number of carbonyl (C=O) groups excluding carboxylic acids is 1. The lowest BCUT2D eigenvalue weighted by Crippen LogP contribution is -2.44. The summed E-state index contributed by atoms with van der Waals surface area (Å²) in [5.74, 6) is -0.314. The van der Waals surface area contributed by atoms with Gasteiger partial charge in [0.25, 0.3) is 5.91 Å². The lowest BCUT2D eigenvalue weighted by Gasteiger charge is -2.27. The summed E-state index contributed by atoms with van der Waals surface area (Å²) in [5.41, 5.74) is 0.865. The minimum atomic E-state index is -0.263. The largest absolute Gasteiger partial charge is 0.351 e. The van der Waals surface area contributed by atoms with E-state index >= 15 is 0 Å². The quantitative estimate of drug-likeness (QED) is 0.794. The van der Waals surface area contributed by atoms with Gasteiger partial charge in [-0.1, -0.05) is 0 Å². The standard InChI is InChI=1S/C17H22FN3OS.ClH/c1-12-14-11-13(18)3-4-15(14)23-16(12)17(22)20-5-2-8-21-9-6-19-7-10-21;/h3-4,11,19H,2,5-10H2,1H3,(H,20,22);1H. The second-order valence-electron chi connectivity index (χ2n) is 5.90. The van der Waals surface area contributed by atoms with Crippen LogP contribution >= 0.6 is 23.7 Å². The highest BCUT2D eigenvalue weighted by Crippen LogP contribution is 2.31. The van der Waals surface area contributed by atoms with Crippen molar-refractivity contribution in [3.63, 3.8) is 0 Å². The molecule has 0 unspecified atom stereocenters. The molecule has 2 N–H and O–H groups in total. The number of rotatable bonds is 5. The van der Waals surface area contributed by atoms with Crippen LogP contribution in [0, 0.1) is 12.7 Å². The van der Waals surface area contributed by atoms with Crippen molar-refractivity contribution in [2.24, 2.45) is 0 Å². The molecule has 1 saturated heterocycles. The number of fused-ring (bicyclic) bond motifs is 1. The van der Waals surface area contributed by atoms with Gasteiger partial charge in [-0.2, -0.15) is 0 Å². The molecule has 1 aliphatic heterocycles. The number of thiophene rings is 1. The zero-order chi connectivity index (χ0) is 16.2. The van der Waals surface area contributed by atoms with E-state index in [1.54, 1.807) is 6.07 Å². The molecule has 4 nitrogen and oxygen atoms in total. The third-order valence-electron chi connectivity index (χ3n) is 4.25. The monoisotopic (exact) mass is 371 g/mol. The van der Waals surface area contributed by atoms with Gasteiger partial charge in [-0.3, -0.25) is 4.79 Å². The van der Waals surface area contributed by atoms with Crippen molar-refractivity contribution in [2.45, 2.75) is 13.3 Å². The van der Waals surface area contributed by atoms with Gasteiger partial charge in [-0.25, -0.2) is 4.39 Å². The van der Waals surface area contributed by atoms with E-state index in [0.717, 1.165) is 54.8 Å². The molecule has 0 atom stereocenters. The Kier molecular flexibility index (Phi) is 6.98. The molecule has 1 aromatic carbocycles. The predicted octanol–water partition coefficient (Wildman–Crippen LogP) is 2.80. The molecule has 7 heteroatoms. The highest BCUT2D eigenvalue weighted by Gasteiger charge is 2.16. The van der Waals surface area contributed by atoms with E-state index in [0.29, 0.717) is 11.4 Å². The average molecular weight is 372 g/mol. The highest BCUT2D eigenvalue weighted by atomic mass is 35.5. The Balaban J connectivity index is 0.00000208. The maximum Gasteiger partial charge on any atom is 0.261 e. The molecule has 1 fully saturated rings. The van der Waals surface area contributed by atoms with Gasteiger partial charge >= 0.3 is 0 Å². The van der Waals surface area contributed by atoms with Gasteiger partial charge < -0.3 is 15.5 Å². The van der Waals surface area contributed by atoms with E-state index in [4.69, 9.17) is 0 Å². The third-order valence-corrected chi connectivity index (χ3v) is 5.52. The van der Waals surface area contributed by atoms with Crippen LogP contribution in [0.4, 0.5) is 4.39 Å². The molecule has 0 spiro atoms. The van der Waals surface area contributed by atoms with Crippen LogP contribution in [-0.4, -0.2) is 50.1 Å². The number of nitrogens with one attached hydrogen (secondary N) is 2. The fraction of sp³-hybridized carbons (Fsp3) is 0.471. The van der Waals surface area contributed by atoms with Crippen molar-refractivity contribution in [3.05, 3.63) is 34.5 Å². The van der Waals surface area contributed by atoms with Gasteiger partial charge in [0.15, 0.2) is 0 Å². The molecule has 24 heavy (non-hydrogen) atoms. The summed E-state index contributed by atoms with van der Waals surface area (Å²) in [4.78, 5) is 15.5. The van der Waals surface area contributed by atoms with Gasteiger partial charge in [0.2, 0.25) is 0 Å². The number of amides is 1. The number of carbonyl (C=O) groups is 1. The molecule has 1 amide bonds. The molecule has 2 heterocycles. The van der Waals surface area contributed by atoms with Crippen molar-refractivity contribution < 1.29 is 9.18 Å². The Bertz CT molecular complexity index is 700. The summed E-state index contributed by atoms with van der Waals surface area (Å²) in [6, 6.07) is 4.68. The van der Waals surface area contributed by atoms with E-state index in [9.17, 15) is 9.18 Å². The maximum absolute atomic E-state index is 13.3. The first-order valence-corrected chi connectivity index (χ1v) is 8.87. The number of hydrogen-bond acceptors (Lipinski definition) is 4. The zero-order valence-electron chi connectivity index (χ0n) is 13.7. The van der Waals surface area contributed by atoms with Gasteiger partial charge in [-0.15, -0.1) is 23.7 Å². The SMILES string of the molecule is Cc1c(C(=O)NCCCN2CCNCC2)sc2ccc(F)cc12.Cl. The number of piperazine rings is 1. The van der Waals surface area contributed by atoms with Crippen LogP contribution in [0.5, 0.6) is 0 Å². The van der Waals surface area contributed by atoms with Crippen molar-refractivity contribution in [2.75, 3.05) is 39.3 Å². The molecular formula is C17H23ClFN3OS. The second kappa shape index (κ2) is 8.76. The molecule has 0 saturated carbocycles. The number of benzene rings is 1. The first-order chi connectivity index (χ1) is 11.1. The number of nitrogens with zero attached hydrogens (tertiary/aromatic N) is 1. The Morgan fingerprint density at radius 1 is 1.38 bits per heavy atom. The molecule has 1 aromatic heterocycles. The Morgan fingerprint density at radius 3 is 2.88 bits per heavy atom. The van der Waals surface area contributed by atoms with Crippen LogP contribution in [0.15, 0.2) is 18.2 Å². The lowest BCUT2D eigenvalue weighted by molar-refractivity contribution is 0.0955. The molecule has 132 valence electrons. The van der Waals surface area contributed by atoms with Crippen LogP contribution in [-0.2, 0) is 0 Å². The number of hydrogen-bond donors (Lipinski definition) is 2. The minimum absolute atomic E-state index is 0. The summed E-state index contributed by atoms with van der Waals surface area (Å²) < 4.78 is 14.3. The Hall–Kier alpha value is -1.21. The zero-order valence-corrected chi connectivity index (χ0v) is 15.4. The fourth-order valence-electron chi connectivity index (χ4n) is 2.93. The van der Waals surface area contributed by atoms with Crippen molar-refractivity contribution in [1.29, 1.82) is 0 Å². The molecule has 1 aliphatic rings. The van der Waals surface area contributed by atoms with Gasteiger partial charge in [0.05, 0.1) is 4.88 Å². The topological polar surface area (TPSA) is 44.4 Å². The van der Waals surface area contributed by atoms with Gasteiger partial charge in [0, 0.05) is 37.4 Å². The Morgan fingerprint density at radius 2 is 2.12 bits per heavy atom. The lowest BCUT2D eigenvalue weighted by atomic mass is 10.1. The summed E-state index contributed by atoms with van der Waals surface area (Å²) in [6.45, 7) is 7.81. The van der Waals surface area contributed by atoms with Gasteiger partial charge in [-0.05, 0) is 49.0 Å². The molecular weight excluding hydrogens is 349 g/mol. The van der Waals surface area contributed by atoms with E-state index in [1.165, 1.54) is 23.5 Å². The molecule has 2 aromatic rings. The summed E-state index contributed by atoms with van der Waals surface area (Å²) in [7, 11) is 0. The van der Waals surface area contributed by atoms with E-state index in [2.05, 4.69) is 15.5 Å². The smallest absolute Gasteiger partial charge is 0.261 e. The number of halogens is 2. The normalized spacial score (nSPS) is 15.2. The van der Waals surface area contributed by atoms with E-state index in [-0.39, 0.29) is 24.1 Å². The van der Waals surface area contributed by atoms with Crippen LogP contribution in [0.2, 0.25) is 0 Å². The predicted molar refractivity (Wildman–Crippen MR) is 100 cm³/mol. The molecule has 0 radical (unpaired) electrons. The third kappa shape index (κ3) is 4.45. The second-order valence-corrected chi connectivity index (χ2v) is 6.95. The van der Waals surface area contributed by atoms with E-state index in [1.807, 2.05) is 6.92 Å². The van der Waals surface area contributed by atoms with Crippen molar-refractivity contribution in [1.82, 2.24) is 15.5 Å². The van der Waals surface area contributed by atoms with Crippen LogP contribution in [0.3, 0.4) is 0 Å². The first-order valence-electron chi connectivity index (χ1n) is 8.05. The van der Waals surface area contributed by atoms with E-state index < -0.39 is 0 Å². The van der Waals surface area contributed by atoms with Crippen LogP contribution in [0.25, 0.3) is 10.1 Å². The average Bonchev–Trinajstić information content (AvgIpc) is 2.89. The van der Waals surface area contributed by atoms with Crippen molar-refractivity contribution >= 4 is 39.7 Å². The van der Waals surface area contributed by atoms with Crippen molar-refractivity contribution in [3.8, 4) is 0 Å². The molecule has 0 bridgehead atoms. The minimum Gasteiger partial charge on any atom is -0.351 e. The fourth-order valence-corrected chi connectivity index (χ4v) is 4.04. The summed E-state index contributed by atoms with van der Waals surface area (Å²) in [6.07, 6.45) is 0.949. The van der Waals surface area contributed by atoms with Crippen LogP contribution < -0.4 is 10.6 Å². The molecule has 3 rings (SSSR count). The Labute approximate surface area is 151 Å². The molecule has 0 aliphatic carbocycles. The van der Waals surface area contributed by atoms with Gasteiger partial charge in [0.1, 0.15) is 5.82 Å². The summed E-state index contributed by atoms with van der Waals surface area (Å²) in [5, 5.41) is 7.16. The van der Waals surface area contributed by atoms with Crippen LogP contribution in [0.1, 0.15) is 21.7 Å². The summed E-state index contributed by atoms with van der Waals surface area (Å²) >= 11 is 1.43. The maximum atomic E-state index is 13.3. The number of aryl methyl sites for hydroxylation is 1.